The molecule has 1 aliphatic rings. The fraction of sp³-hybridized carbons (Fsp3) is 0.412. The molecule has 1 aromatic carbocycles. The summed E-state index contributed by atoms with van der Waals surface area (Å²) in [5.41, 5.74) is 2.83. The summed E-state index contributed by atoms with van der Waals surface area (Å²) in [4.78, 5) is 14.6. The van der Waals surface area contributed by atoms with Gasteiger partial charge in [0.1, 0.15) is 0 Å². The smallest absolute Gasteiger partial charge is 0.257 e. The molecule has 1 atom stereocenters. The summed E-state index contributed by atoms with van der Waals surface area (Å²) in [5.74, 6) is 0.0881. The van der Waals surface area contributed by atoms with Gasteiger partial charge in [0, 0.05) is 31.4 Å². The number of piperazine rings is 1. The van der Waals surface area contributed by atoms with Crippen molar-refractivity contribution < 1.29 is 4.79 Å². The minimum atomic E-state index is 0. The van der Waals surface area contributed by atoms with Gasteiger partial charge in [0.15, 0.2) is 0 Å². The number of nitrogens with one attached hydrogen (secondary N) is 1. The van der Waals surface area contributed by atoms with Gasteiger partial charge in [-0.2, -0.15) is 5.10 Å². The van der Waals surface area contributed by atoms with E-state index < -0.39 is 0 Å². The van der Waals surface area contributed by atoms with Gasteiger partial charge >= 0.3 is 0 Å². The van der Waals surface area contributed by atoms with Gasteiger partial charge in [-0.15, -0.1) is 12.4 Å². The second-order valence-corrected chi connectivity index (χ2v) is 5.89. The van der Waals surface area contributed by atoms with Gasteiger partial charge < -0.3 is 10.2 Å². The number of halogens is 1. The third-order valence-electron chi connectivity index (χ3n) is 4.16. The Morgan fingerprint density at radius 2 is 2.09 bits per heavy atom. The van der Waals surface area contributed by atoms with Crippen molar-refractivity contribution in [3.05, 3.63) is 53.3 Å². The number of carbonyl (C=O) groups excluding carboxylic acids is 1. The number of amides is 1. The van der Waals surface area contributed by atoms with E-state index in [9.17, 15) is 4.79 Å². The van der Waals surface area contributed by atoms with Crippen LogP contribution in [-0.4, -0.2) is 46.3 Å². The molecule has 1 aromatic heterocycles. The minimum absolute atomic E-state index is 0. The van der Waals surface area contributed by atoms with Crippen LogP contribution in [0.4, 0.5) is 0 Å². The molecule has 1 N–H and O–H groups in total. The van der Waals surface area contributed by atoms with Crippen LogP contribution in [0.15, 0.2) is 36.5 Å². The van der Waals surface area contributed by atoms with E-state index >= 15 is 0 Å². The van der Waals surface area contributed by atoms with Crippen molar-refractivity contribution in [2.24, 2.45) is 0 Å². The first-order chi connectivity index (χ1) is 10.6. The molecular weight excluding hydrogens is 312 g/mol. The summed E-state index contributed by atoms with van der Waals surface area (Å²) in [6, 6.07) is 10.5. The van der Waals surface area contributed by atoms with E-state index in [4.69, 9.17) is 0 Å². The summed E-state index contributed by atoms with van der Waals surface area (Å²) in [7, 11) is 0. The van der Waals surface area contributed by atoms with E-state index in [0.29, 0.717) is 18.2 Å². The maximum Gasteiger partial charge on any atom is 0.257 e. The Hall–Kier alpha value is -1.85. The fourth-order valence-corrected chi connectivity index (χ4v) is 2.86. The van der Waals surface area contributed by atoms with Crippen LogP contribution in [0.2, 0.25) is 0 Å². The highest BCUT2D eigenvalue weighted by Crippen LogP contribution is 2.14. The summed E-state index contributed by atoms with van der Waals surface area (Å²) < 4.78 is 1.90. The molecule has 1 amide bonds. The topological polar surface area (TPSA) is 50.2 Å². The first kappa shape index (κ1) is 17.5. The minimum Gasteiger partial charge on any atom is -0.336 e. The molecule has 1 aliphatic heterocycles. The number of benzene rings is 1. The van der Waals surface area contributed by atoms with E-state index in [2.05, 4.69) is 29.5 Å². The largest absolute Gasteiger partial charge is 0.336 e. The Morgan fingerprint density at radius 3 is 2.78 bits per heavy atom. The van der Waals surface area contributed by atoms with E-state index in [1.54, 1.807) is 6.20 Å². The van der Waals surface area contributed by atoms with E-state index in [-0.39, 0.29) is 18.3 Å². The molecule has 2 aromatic rings. The number of hydrogen-bond donors (Lipinski definition) is 1. The lowest BCUT2D eigenvalue weighted by molar-refractivity contribution is 0.0708. The maximum absolute atomic E-state index is 12.7. The zero-order chi connectivity index (χ0) is 15.5. The fourth-order valence-electron chi connectivity index (χ4n) is 2.86. The highest BCUT2D eigenvalue weighted by atomic mass is 35.5. The predicted molar refractivity (Wildman–Crippen MR) is 93.1 cm³/mol. The van der Waals surface area contributed by atoms with Gasteiger partial charge in [0.25, 0.3) is 5.91 Å². The van der Waals surface area contributed by atoms with Crippen molar-refractivity contribution in [1.82, 2.24) is 20.0 Å². The van der Waals surface area contributed by atoms with Gasteiger partial charge in [-0.25, -0.2) is 0 Å². The van der Waals surface area contributed by atoms with Crippen LogP contribution >= 0.6 is 12.4 Å². The SMILES string of the molecule is Cc1c(C(=O)N2CCNC(C)C2)cnn1Cc1ccccc1.Cl. The highest BCUT2D eigenvalue weighted by Gasteiger charge is 2.24. The molecule has 1 fully saturated rings. The van der Waals surface area contributed by atoms with E-state index in [1.165, 1.54) is 5.56 Å². The van der Waals surface area contributed by atoms with Gasteiger partial charge in [-0.05, 0) is 19.4 Å². The van der Waals surface area contributed by atoms with Crippen molar-refractivity contribution in [2.75, 3.05) is 19.6 Å². The lowest BCUT2D eigenvalue weighted by Gasteiger charge is -2.31. The molecule has 0 saturated carbocycles. The second kappa shape index (κ2) is 7.62. The third-order valence-corrected chi connectivity index (χ3v) is 4.16. The van der Waals surface area contributed by atoms with Gasteiger partial charge in [-0.1, -0.05) is 30.3 Å². The zero-order valence-electron chi connectivity index (χ0n) is 13.5. The predicted octanol–water partition coefficient (Wildman–Crippen LogP) is 2.10. The van der Waals surface area contributed by atoms with Crippen molar-refractivity contribution in [2.45, 2.75) is 26.4 Å². The standard InChI is InChI=1S/C17H22N4O.ClH/c1-13-11-20(9-8-18-13)17(22)16-10-19-21(14(16)2)12-15-6-4-3-5-7-15;/h3-7,10,13,18H,8-9,11-12H2,1-2H3;1H. The van der Waals surface area contributed by atoms with Crippen LogP contribution in [-0.2, 0) is 6.54 Å². The number of nitrogens with zero attached hydrogens (tertiary/aromatic N) is 3. The lowest BCUT2D eigenvalue weighted by Crippen LogP contribution is -2.51. The Balaban J connectivity index is 0.00000192. The molecular formula is C17H23ClN4O. The number of carbonyl (C=O) groups is 1. The van der Waals surface area contributed by atoms with E-state index in [0.717, 1.165) is 25.3 Å². The average Bonchev–Trinajstić information content (AvgIpc) is 2.89. The van der Waals surface area contributed by atoms with Crippen molar-refractivity contribution >= 4 is 18.3 Å². The summed E-state index contributed by atoms with van der Waals surface area (Å²) >= 11 is 0. The maximum atomic E-state index is 12.7. The Kier molecular flexibility index (Phi) is 5.80. The molecule has 0 spiro atoms. The molecule has 0 radical (unpaired) electrons. The first-order valence-corrected chi connectivity index (χ1v) is 7.74. The summed E-state index contributed by atoms with van der Waals surface area (Å²) in [5, 5.41) is 7.76. The van der Waals surface area contributed by atoms with Crippen LogP contribution in [0.5, 0.6) is 0 Å². The van der Waals surface area contributed by atoms with Gasteiger partial charge in [0.05, 0.1) is 18.3 Å². The van der Waals surface area contributed by atoms with Gasteiger partial charge in [0.2, 0.25) is 0 Å². The van der Waals surface area contributed by atoms with Crippen LogP contribution in [0.25, 0.3) is 0 Å². The quantitative estimate of drug-likeness (QED) is 0.935. The zero-order valence-corrected chi connectivity index (χ0v) is 14.3. The van der Waals surface area contributed by atoms with Crippen LogP contribution in [0.3, 0.4) is 0 Å². The van der Waals surface area contributed by atoms with Crippen LogP contribution in [0.1, 0.15) is 28.5 Å². The average molecular weight is 335 g/mol. The molecule has 1 unspecified atom stereocenters. The molecule has 6 heteroatoms. The molecule has 0 bridgehead atoms. The number of rotatable bonds is 3. The Morgan fingerprint density at radius 1 is 1.35 bits per heavy atom. The van der Waals surface area contributed by atoms with Crippen molar-refractivity contribution in [3.8, 4) is 0 Å². The second-order valence-electron chi connectivity index (χ2n) is 5.89. The molecule has 5 nitrogen and oxygen atoms in total. The normalized spacial score (nSPS) is 17.7. The van der Waals surface area contributed by atoms with Crippen molar-refractivity contribution in [1.29, 1.82) is 0 Å². The lowest BCUT2D eigenvalue weighted by atomic mass is 10.1. The Bertz CT molecular complexity index is 656. The summed E-state index contributed by atoms with van der Waals surface area (Å²) in [6.07, 6.45) is 1.70. The number of aromatic nitrogens is 2. The van der Waals surface area contributed by atoms with Crippen LogP contribution < -0.4 is 5.32 Å². The molecule has 3 rings (SSSR count). The molecule has 2 heterocycles. The number of hydrogen-bond acceptors (Lipinski definition) is 3. The van der Waals surface area contributed by atoms with Crippen molar-refractivity contribution in [3.63, 3.8) is 0 Å². The highest BCUT2D eigenvalue weighted by molar-refractivity contribution is 5.95. The van der Waals surface area contributed by atoms with Gasteiger partial charge in [-0.3, -0.25) is 9.48 Å². The van der Waals surface area contributed by atoms with Crippen LogP contribution in [0, 0.1) is 6.92 Å². The van der Waals surface area contributed by atoms with E-state index in [1.807, 2.05) is 34.7 Å². The monoisotopic (exact) mass is 334 g/mol. The summed E-state index contributed by atoms with van der Waals surface area (Å²) in [6.45, 7) is 7.12. The molecule has 1 saturated heterocycles. The Labute approximate surface area is 143 Å². The molecule has 23 heavy (non-hydrogen) atoms. The third kappa shape index (κ3) is 3.92. The molecule has 124 valence electrons. The molecule has 0 aliphatic carbocycles. The first-order valence-electron chi connectivity index (χ1n) is 7.74.